The molecule has 0 spiro atoms. The third kappa shape index (κ3) is 15.3. The van der Waals surface area contributed by atoms with Gasteiger partial charge in [-0.25, -0.2) is 9.59 Å². The Bertz CT molecular complexity index is 1580. The summed E-state index contributed by atoms with van der Waals surface area (Å²) in [5, 5.41) is 14.8. The molecule has 6 rings (SSSR count). The second-order valence-electron chi connectivity index (χ2n) is 14.1. The Labute approximate surface area is 321 Å². The standard InChI is InChI=1S/2C21H28N2O.C2H2O4/c2*1-18-8-9-21(20(16-18)17-19-6-4-3-5-7-19)24-15-14-23-12-10-22(2)11-13-23;3-1(4)2(5)6/h2*3-9,16H,10-15,17H2,1-2H3;(H,3,4)(H,5,6). The van der Waals surface area contributed by atoms with Crippen molar-refractivity contribution in [2.75, 3.05) is 92.8 Å². The molecule has 0 aliphatic carbocycles. The molecule has 4 aromatic carbocycles. The van der Waals surface area contributed by atoms with Crippen LogP contribution in [0.3, 0.4) is 0 Å². The van der Waals surface area contributed by atoms with Crippen molar-refractivity contribution in [1.82, 2.24) is 19.6 Å². The van der Waals surface area contributed by atoms with Crippen LogP contribution in [-0.4, -0.2) is 135 Å². The lowest BCUT2D eigenvalue weighted by Crippen LogP contribution is -2.45. The maximum absolute atomic E-state index is 9.10. The number of carbonyl (C=O) groups is 2. The van der Waals surface area contributed by atoms with Crippen LogP contribution >= 0.6 is 0 Å². The number of aryl methyl sites for hydroxylation is 2. The number of likely N-dealkylation sites (N-methyl/N-ethyl adjacent to an activating group) is 2. The molecule has 290 valence electrons. The van der Waals surface area contributed by atoms with Gasteiger partial charge in [0.15, 0.2) is 0 Å². The fourth-order valence-corrected chi connectivity index (χ4v) is 6.32. The lowest BCUT2D eigenvalue weighted by molar-refractivity contribution is -0.159. The minimum atomic E-state index is -1.82. The Kier molecular flexibility index (Phi) is 17.5. The van der Waals surface area contributed by atoms with Gasteiger partial charge in [0, 0.05) is 78.3 Å². The predicted molar refractivity (Wildman–Crippen MR) is 215 cm³/mol. The number of carboxylic acid groups (broad SMARTS) is 2. The second-order valence-corrected chi connectivity index (χ2v) is 14.1. The van der Waals surface area contributed by atoms with Gasteiger partial charge in [-0.2, -0.15) is 0 Å². The average molecular weight is 739 g/mol. The van der Waals surface area contributed by atoms with Gasteiger partial charge in [-0.1, -0.05) is 96.1 Å². The quantitative estimate of drug-likeness (QED) is 0.179. The van der Waals surface area contributed by atoms with Gasteiger partial charge < -0.3 is 29.5 Å². The highest BCUT2D eigenvalue weighted by Crippen LogP contribution is 2.24. The van der Waals surface area contributed by atoms with E-state index < -0.39 is 11.9 Å². The number of nitrogens with zero attached hydrogens (tertiary/aromatic N) is 4. The smallest absolute Gasteiger partial charge is 0.414 e. The van der Waals surface area contributed by atoms with Crippen molar-refractivity contribution >= 4 is 11.9 Å². The molecule has 0 amide bonds. The van der Waals surface area contributed by atoms with Crippen molar-refractivity contribution in [2.24, 2.45) is 0 Å². The van der Waals surface area contributed by atoms with Crippen molar-refractivity contribution in [3.05, 3.63) is 130 Å². The maximum atomic E-state index is 9.10. The van der Waals surface area contributed by atoms with Crippen LogP contribution in [0.4, 0.5) is 0 Å². The summed E-state index contributed by atoms with van der Waals surface area (Å²) in [7, 11) is 4.38. The Balaban J connectivity index is 0.000000209. The summed E-state index contributed by atoms with van der Waals surface area (Å²) in [5.41, 5.74) is 7.78. The van der Waals surface area contributed by atoms with Crippen LogP contribution in [-0.2, 0) is 22.4 Å². The van der Waals surface area contributed by atoms with Crippen molar-refractivity contribution in [1.29, 1.82) is 0 Å². The Morgan fingerprint density at radius 1 is 0.537 bits per heavy atom. The number of rotatable bonds is 12. The molecule has 0 atom stereocenters. The molecule has 2 fully saturated rings. The molecule has 10 nitrogen and oxygen atoms in total. The number of carboxylic acids is 2. The summed E-state index contributed by atoms with van der Waals surface area (Å²) < 4.78 is 12.3. The monoisotopic (exact) mass is 738 g/mol. The molecule has 0 aromatic heterocycles. The molecule has 10 heteroatoms. The van der Waals surface area contributed by atoms with Crippen molar-refractivity contribution in [2.45, 2.75) is 26.7 Å². The molecule has 2 heterocycles. The van der Waals surface area contributed by atoms with Gasteiger partial charge in [0.25, 0.3) is 0 Å². The van der Waals surface area contributed by atoms with Gasteiger partial charge in [-0.05, 0) is 62.3 Å². The molecule has 2 saturated heterocycles. The van der Waals surface area contributed by atoms with Crippen LogP contribution in [0, 0.1) is 13.8 Å². The summed E-state index contributed by atoms with van der Waals surface area (Å²) in [6, 6.07) is 34.2. The van der Waals surface area contributed by atoms with Crippen molar-refractivity contribution in [3.63, 3.8) is 0 Å². The number of hydrogen-bond donors (Lipinski definition) is 2. The molecule has 2 N–H and O–H groups in total. The Hall–Kier alpha value is -4.74. The summed E-state index contributed by atoms with van der Waals surface area (Å²) in [5.74, 6) is -1.60. The van der Waals surface area contributed by atoms with Crippen LogP contribution < -0.4 is 9.47 Å². The van der Waals surface area contributed by atoms with E-state index in [1.165, 1.54) is 33.4 Å². The fraction of sp³-hybridized carbons (Fsp3) is 0.409. The molecule has 0 radical (unpaired) electrons. The number of hydrogen-bond acceptors (Lipinski definition) is 8. The first-order valence-corrected chi connectivity index (χ1v) is 18.9. The average Bonchev–Trinajstić information content (AvgIpc) is 3.16. The first kappa shape index (κ1) is 42.0. The van der Waals surface area contributed by atoms with E-state index in [1.54, 1.807) is 0 Å². The summed E-state index contributed by atoms with van der Waals surface area (Å²) >= 11 is 0. The molecule has 0 saturated carbocycles. The van der Waals surface area contributed by atoms with Gasteiger partial charge in [-0.3, -0.25) is 9.80 Å². The molecule has 0 unspecified atom stereocenters. The molecule has 2 aliphatic heterocycles. The Morgan fingerprint density at radius 2 is 0.889 bits per heavy atom. The topological polar surface area (TPSA) is 106 Å². The lowest BCUT2D eigenvalue weighted by atomic mass is 10.0. The van der Waals surface area contributed by atoms with Crippen LogP contribution in [0.25, 0.3) is 0 Å². The van der Waals surface area contributed by atoms with Crippen LogP contribution in [0.15, 0.2) is 97.1 Å². The number of benzene rings is 4. The first-order valence-electron chi connectivity index (χ1n) is 18.9. The fourth-order valence-electron chi connectivity index (χ4n) is 6.32. The summed E-state index contributed by atoms with van der Waals surface area (Å²) in [4.78, 5) is 27.9. The van der Waals surface area contributed by atoms with Crippen molar-refractivity contribution in [3.8, 4) is 11.5 Å². The van der Waals surface area contributed by atoms with Gasteiger partial charge in [0.2, 0.25) is 0 Å². The van der Waals surface area contributed by atoms with E-state index in [-0.39, 0.29) is 0 Å². The van der Waals surface area contributed by atoms with Gasteiger partial charge in [0.1, 0.15) is 24.7 Å². The van der Waals surface area contributed by atoms with E-state index in [4.69, 9.17) is 29.3 Å². The minimum Gasteiger partial charge on any atom is -0.492 e. The maximum Gasteiger partial charge on any atom is 0.414 e. The number of aliphatic carboxylic acids is 2. The van der Waals surface area contributed by atoms with E-state index >= 15 is 0 Å². The van der Waals surface area contributed by atoms with E-state index in [2.05, 4.69) is 145 Å². The first-order chi connectivity index (χ1) is 26.0. The third-order valence-corrected chi connectivity index (χ3v) is 9.61. The molecular formula is C44H58N4O6. The number of piperazine rings is 2. The molecule has 2 aliphatic rings. The highest BCUT2D eigenvalue weighted by molar-refractivity contribution is 6.27. The largest absolute Gasteiger partial charge is 0.492 e. The van der Waals surface area contributed by atoms with Crippen molar-refractivity contribution < 1.29 is 29.3 Å². The zero-order chi connectivity index (χ0) is 38.7. The highest BCUT2D eigenvalue weighted by atomic mass is 16.5. The number of ether oxygens (including phenoxy) is 2. The molecule has 4 aromatic rings. The van der Waals surface area contributed by atoms with E-state index in [1.807, 2.05) is 0 Å². The molecule has 0 bridgehead atoms. The highest BCUT2D eigenvalue weighted by Gasteiger charge is 2.15. The van der Waals surface area contributed by atoms with Gasteiger partial charge in [0.05, 0.1) is 0 Å². The summed E-state index contributed by atoms with van der Waals surface area (Å²) in [6.45, 7) is 17.0. The Morgan fingerprint density at radius 3 is 1.22 bits per heavy atom. The van der Waals surface area contributed by atoms with E-state index in [0.29, 0.717) is 0 Å². The van der Waals surface area contributed by atoms with Crippen LogP contribution in [0.1, 0.15) is 33.4 Å². The van der Waals surface area contributed by atoms with Gasteiger partial charge >= 0.3 is 11.9 Å². The zero-order valence-electron chi connectivity index (χ0n) is 32.5. The SMILES string of the molecule is Cc1ccc(OCCN2CCN(C)CC2)c(Cc2ccccc2)c1.Cc1ccc(OCCN2CCN(C)CC2)c(Cc2ccccc2)c1.O=C(O)C(=O)O. The summed E-state index contributed by atoms with van der Waals surface area (Å²) in [6.07, 6.45) is 1.85. The predicted octanol–water partition coefficient (Wildman–Crippen LogP) is 5.58. The van der Waals surface area contributed by atoms with Crippen LogP contribution in [0.2, 0.25) is 0 Å². The van der Waals surface area contributed by atoms with Crippen LogP contribution in [0.5, 0.6) is 11.5 Å². The molecular weight excluding hydrogens is 681 g/mol. The normalized spacial score (nSPS) is 15.3. The minimum absolute atomic E-state index is 0.758. The van der Waals surface area contributed by atoms with E-state index in [9.17, 15) is 0 Å². The zero-order valence-corrected chi connectivity index (χ0v) is 32.5. The lowest BCUT2D eigenvalue weighted by Gasteiger charge is -2.32. The van der Waals surface area contributed by atoms with E-state index in [0.717, 1.165) is 103 Å². The second kappa shape index (κ2) is 22.5. The third-order valence-electron chi connectivity index (χ3n) is 9.61. The molecule has 54 heavy (non-hydrogen) atoms. The van der Waals surface area contributed by atoms with Gasteiger partial charge in [-0.15, -0.1) is 0 Å².